The minimum Gasteiger partial charge on any atom is -0.496 e. The molecule has 1 saturated carbocycles. The molecule has 1 amide bonds. The van der Waals surface area contributed by atoms with Crippen molar-refractivity contribution < 1.29 is 14.3 Å². The first kappa shape index (κ1) is 17.1. The number of ether oxygens (including phenoxy) is 2. The Kier molecular flexibility index (Phi) is 4.68. The van der Waals surface area contributed by atoms with E-state index >= 15 is 0 Å². The number of aryl methyl sites for hydroxylation is 1. The number of amides is 1. The monoisotopic (exact) mass is 355 g/mol. The number of hydrogen-bond donors (Lipinski definition) is 1. The summed E-state index contributed by atoms with van der Waals surface area (Å²) in [7, 11) is 3.58. The summed E-state index contributed by atoms with van der Waals surface area (Å²) in [5, 5.41) is 7.41. The van der Waals surface area contributed by atoms with Crippen molar-refractivity contribution in [3.63, 3.8) is 0 Å². The van der Waals surface area contributed by atoms with Crippen LogP contribution in [-0.2, 0) is 16.6 Å². The molecule has 1 aliphatic carbocycles. The quantitative estimate of drug-likeness (QED) is 0.895. The highest BCUT2D eigenvalue weighted by Crippen LogP contribution is 2.41. The molecule has 2 aliphatic rings. The molecule has 1 aromatic heterocycles. The second-order valence-corrected chi connectivity index (χ2v) is 7.25. The third kappa shape index (κ3) is 3.21. The maximum atomic E-state index is 12.8. The molecule has 0 radical (unpaired) electrons. The fraction of sp³-hybridized carbons (Fsp3) is 0.500. The van der Waals surface area contributed by atoms with Gasteiger partial charge in [-0.05, 0) is 36.8 Å². The van der Waals surface area contributed by atoms with Gasteiger partial charge in [0, 0.05) is 31.5 Å². The van der Waals surface area contributed by atoms with E-state index in [0.29, 0.717) is 12.5 Å². The van der Waals surface area contributed by atoms with E-state index in [1.165, 1.54) is 5.56 Å². The second kappa shape index (κ2) is 7.11. The average Bonchev–Trinajstić information content (AvgIpc) is 3.26. The molecule has 0 spiro atoms. The Hall–Kier alpha value is -2.34. The van der Waals surface area contributed by atoms with E-state index in [1.807, 2.05) is 31.4 Å². The van der Waals surface area contributed by atoms with Crippen LogP contribution in [-0.4, -0.2) is 35.4 Å². The first-order chi connectivity index (χ1) is 12.7. The lowest BCUT2D eigenvalue weighted by atomic mass is 9.75. The molecule has 1 N–H and O–H groups in total. The fourth-order valence-electron chi connectivity index (χ4n) is 4.08. The molecular weight excluding hydrogens is 330 g/mol. The molecule has 0 bridgehead atoms. The van der Waals surface area contributed by atoms with Crippen LogP contribution in [0.3, 0.4) is 0 Å². The van der Waals surface area contributed by atoms with Crippen molar-refractivity contribution in [3.8, 4) is 5.75 Å². The van der Waals surface area contributed by atoms with Gasteiger partial charge in [-0.2, -0.15) is 5.10 Å². The number of rotatable bonds is 5. The van der Waals surface area contributed by atoms with Gasteiger partial charge in [-0.3, -0.25) is 9.48 Å². The molecule has 2 aromatic rings. The van der Waals surface area contributed by atoms with E-state index in [9.17, 15) is 4.79 Å². The van der Waals surface area contributed by atoms with Crippen molar-refractivity contribution in [2.45, 2.75) is 37.3 Å². The molecule has 2 heterocycles. The Morgan fingerprint density at radius 2 is 2.15 bits per heavy atom. The summed E-state index contributed by atoms with van der Waals surface area (Å²) in [5.41, 5.74) is 2.21. The smallest absolute Gasteiger partial charge is 0.226 e. The summed E-state index contributed by atoms with van der Waals surface area (Å²) >= 11 is 0. The first-order valence-electron chi connectivity index (χ1n) is 9.19. The second-order valence-electron chi connectivity index (χ2n) is 7.25. The Balaban J connectivity index is 1.35. The molecule has 0 unspecified atom stereocenters. The van der Waals surface area contributed by atoms with Crippen molar-refractivity contribution in [3.05, 3.63) is 47.8 Å². The molecule has 1 aliphatic heterocycles. The van der Waals surface area contributed by atoms with Gasteiger partial charge < -0.3 is 14.8 Å². The zero-order valence-corrected chi connectivity index (χ0v) is 15.2. The van der Waals surface area contributed by atoms with Crippen LogP contribution < -0.4 is 10.1 Å². The Labute approximate surface area is 153 Å². The fourth-order valence-corrected chi connectivity index (χ4v) is 4.08. The van der Waals surface area contributed by atoms with Gasteiger partial charge in [-0.15, -0.1) is 0 Å². The SMILES string of the molecule is COc1ccccc1C1CC(NC(=O)[C@H]2CCO[C@@H]2c2cnn(C)c2)C1. The lowest BCUT2D eigenvalue weighted by molar-refractivity contribution is -0.128. The zero-order chi connectivity index (χ0) is 18.1. The minimum absolute atomic E-state index is 0.0971. The van der Waals surface area contributed by atoms with Gasteiger partial charge in [0.25, 0.3) is 0 Å². The molecule has 1 aromatic carbocycles. The Bertz CT molecular complexity index is 782. The van der Waals surface area contributed by atoms with Crippen LogP contribution in [0.1, 0.15) is 42.4 Å². The normalized spacial score (nSPS) is 27.8. The van der Waals surface area contributed by atoms with Gasteiger partial charge in [0.1, 0.15) is 5.75 Å². The van der Waals surface area contributed by atoms with E-state index in [0.717, 1.165) is 30.6 Å². The number of aromatic nitrogens is 2. The van der Waals surface area contributed by atoms with Crippen LogP contribution in [0.15, 0.2) is 36.7 Å². The van der Waals surface area contributed by atoms with E-state index in [4.69, 9.17) is 9.47 Å². The van der Waals surface area contributed by atoms with Crippen molar-refractivity contribution in [1.29, 1.82) is 0 Å². The lowest BCUT2D eigenvalue weighted by Crippen LogP contribution is -2.46. The van der Waals surface area contributed by atoms with Crippen LogP contribution >= 0.6 is 0 Å². The summed E-state index contributed by atoms with van der Waals surface area (Å²) in [6.45, 7) is 0.617. The summed E-state index contributed by atoms with van der Waals surface area (Å²) in [4.78, 5) is 12.8. The molecule has 6 heteroatoms. The number of para-hydroxylation sites is 1. The van der Waals surface area contributed by atoms with Crippen LogP contribution in [0.4, 0.5) is 0 Å². The Morgan fingerprint density at radius 1 is 1.35 bits per heavy atom. The van der Waals surface area contributed by atoms with Crippen LogP contribution in [0, 0.1) is 5.92 Å². The number of carbonyl (C=O) groups is 1. The van der Waals surface area contributed by atoms with Crippen molar-refractivity contribution >= 4 is 5.91 Å². The highest BCUT2D eigenvalue weighted by Gasteiger charge is 2.39. The maximum Gasteiger partial charge on any atom is 0.226 e. The first-order valence-corrected chi connectivity index (χ1v) is 9.19. The van der Waals surface area contributed by atoms with Gasteiger partial charge in [0.05, 0.1) is 25.3 Å². The van der Waals surface area contributed by atoms with E-state index in [-0.39, 0.29) is 24.0 Å². The predicted octanol–water partition coefficient (Wildman–Crippen LogP) is 2.57. The molecule has 138 valence electrons. The average molecular weight is 355 g/mol. The predicted molar refractivity (Wildman–Crippen MR) is 96.9 cm³/mol. The van der Waals surface area contributed by atoms with Crippen LogP contribution in [0.2, 0.25) is 0 Å². The van der Waals surface area contributed by atoms with Crippen LogP contribution in [0.25, 0.3) is 0 Å². The molecule has 4 rings (SSSR count). The summed E-state index contributed by atoms with van der Waals surface area (Å²) in [6.07, 6.45) is 6.20. The van der Waals surface area contributed by atoms with Crippen molar-refractivity contribution in [2.24, 2.45) is 13.0 Å². The van der Waals surface area contributed by atoms with Gasteiger partial charge in [-0.25, -0.2) is 0 Å². The zero-order valence-electron chi connectivity index (χ0n) is 15.2. The molecule has 1 saturated heterocycles. The number of methoxy groups -OCH3 is 1. The third-order valence-electron chi connectivity index (χ3n) is 5.55. The minimum atomic E-state index is -0.186. The Morgan fingerprint density at radius 3 is 2.88 bits per heavy atom. The topological polar surface area (TPSA) is 65.4 Å². The molecule has 6 nitrogen and oxygen atoms in total. The van der Waals surface area contributed by atoms with Crippen LogP contribution in [0.5, 0.6) is 5.75 Å². The molecule has 2 atom stereocenters. The number of nitrogens with one attached hydrogen (secondary N) is 1. The van der Waals surface area contributed by atoms with Gasteiger partial charge in [-0.1, -0.05) is 18.2 Å². The number of carbonyl (C=O) groups excluding carboxylic acids is 1. The molecule has 2 fully saturated rings. The van der Waals surface area contributed by atoms with Gasteiger partial charge >= 0.3 is 0 Å². The maximum absolute atomic E-state index is 12.8. The highest BCUT2D eigenvalue weighted by molar-refractivity contribution is 5.80. The van der Waals surface area contributed by atoms with E-state index < -0.39 is 0 Å². The summed E-state index contributed by atoms with van der Waals surface area (Å²) < 4.78 is 13.0. The van der Waals surface area contributed by atoms with E-state index in [2.05, 4.69) is 16.5 Å². The number of benzene rings is 1. The van der Waals surface area contributed by atoms with Crippen molar-refractivity contribution in [2.75, 3.05) is 13.7 Å². The van der Waals surface area contributed by atoms with E-state index in [1.54, 1.807) is 18.0 Å². The highest BCUT2D eigenvalue weighted by atomic mass is 16.5. The number of hydrogen-bond acceptors (Lipinski definition) is 4. The lowest BCUT2D eigenvalue weighted by Gasteiger charge is -2.37. The van der Waals surface area contributed by atoms with Crippen molar-refractivity contribution in [1.82, 2.24) is 15.1 Å². The largest absolute Gasteiger partial charge is 0.496 e. The molecule has 26 heavy (non-hydrogen) atoms. The third-order valence-corrected chi connectivity index (χ3v) is 5.55. The summed E-state index contributed by atoms with van der Waals surface area (Å²) in [5.74, 6) is 1.35. The van der Waals surface area contributed by atoms with Gasteiger partial charge in [0.15, 0.2) is 0 Å². The van der Waals surface area contributed by atoms with Gasteiger partial charge in [0.2, 0.25) is 5.91 Å². The number of nitrogens with zero attached hydrogens (tertiary/aromatic N) is 2. The standard InChI is InChI=1S/C20H25N3O3/c1-23-12-14(11-21-23)19-17(7-8-26-19)20(24)22-15-9-13(10-15)16-5-3-4-6-18(16)25-2/h3-6,11-13,15,17,19H,7-10H2,1-2H3,(H,22,24)/t13?,15?,17-,19+/m0/s1. The summed E-state index contributed by atoms with van der Waals surface area (Å²) in [6, 6.07) is 8.37. The molecular formula is C20H25N3O3.